The molecule has 42 heavy (non-hydrogen) atoms. The monoisotopic (exact) mass is 556 g/mol. The van der Waals surface area contributed by atoms with Gasteiger partial charge in [0.1, 0.15) is 28.8 Å². The summed E-state index contributed by atoms with van der Waals surface area (Å²) in [5.74, 6) is -0.0938. The van der Waals surface area contributed by atoms with Crippen LogP contribution < -0.4 is 22.9 Å². The number of aromatic amines is 2. The first-order valence-electron chi connectivity index (χ1n) is 13.1. The molecule has 14 N–H and O–H groups in total. The number of aromatic nitrogens is 2. The van der Waals surface area contributed by atoms with Crippen LogP contribution in [0, 0.1) is 27.1 Å². The van der Waals surface area contributed by atoms with Crippen molar-refractivity contribution >= 4 is 40.3 Å². The van der Waals surface area contributed by atoms with Gasteiger partial charge in [0.15, 0.2) is 0 Å². The summed E-state index contributed by atoms with van der Waals surface area (Å²) in [5, 5.41) is 31.5. The topological polar surface area (TPSA) is 231 Å². The molecular formula is C32H32N10. The number of H-pyrrole nitrogens is 2. The van der Waals surface area contributed by atoms with Crippen LogP contribution in [-0.2, 0) is 6.42 Å². The molecule has 1 aliphatic carbocycles. The Kier molecular flexibility index (Phi) is 7.20. The van der Waals surface area contributed by atoms with E-state index in [0.29, 0.717) is 17.5 Å². The molecule has 6 rings (SSSR count). The minimum atomic E-state index is -1.01. The van der Waals surface area contributed by atoms with Crippen LogP contribution in [0.25, 0.3) is 39.5 Å². The van der Waals surface area contributed by atoms with Crippen LogP contribution in [0.4, 0.5) is 0 Å². The van der Waals surface area contributed by atoms with Gasteiger partial charge in [0, 0.05) is 45.5 Å². The first kappa shape index (κ1) is 27.7. The fourth-order valence-electron chi connectivity index (χ4n) is 4.95. The molecule has 0 saturated carbocycles. The Morgan fingerprint density at radius 2 is 1.24 bits per heavy atom. The Labute approximate surface area is 242 Å². The van der Waals surface area contributed by atoms with Crippen molar-refractivity contribution in [3.8, 4) is 22.5 Å². The van der Waals surface area contributed by atoms with Crippen molar-refractivity contribution in [1.82, 2.24) is 9.97 Å². The largest absolute Gasteiger partial charge is 0.387 e. The van der Waals surface area contributed by atoms with Gasteiger partial charge in [0.05, 0.1) is 0 Å². The Morgan fingerprint density at radius 3 is 1.86 bits per heavy atom. The van der Waals surface area contributed by atoms with Crippen molar-refractivity contribution in [1.29, 1.82) is 21.6 Å². The molecule has 0 atom stereocenters. The molecule has 0 spiro atoms. The second-order valence-electron chi connectivity index (χ2n) is 10.2. The predicted octanol–water partition coefficient (Wildman–Crippen LogP) is 4.51. The maximum atomic E-state index is 7.77. The summed E-state index contributed by atoms with van der Waals surface area (Å²) in [6, 6.07) is 27.3. The molecular weight excluding hydrogens is 524 g/mol. The smallest absolute Gasteiger partial charge is 0.122 e. The average molecular weight is 557 g/mol. The predicted molar refractivity (Wildman–Crippen MR) is 171 cm³/mol. The van der Waals surface area contributed by atoms with Crippen LogP contribution in [0.2, 0.25) is 0 Å². The normalized spacial score (nSPS) is 15.3. The highest BCUT2D eigenvalue weighted by atomic mass is 14.9. The molecule has 1 aliphatic rings. The van der Waals surface area contributed by atoms with E-state index in [1.807, 2.05) is 84.9 Å². The summed E-state index contributed by atoms with van der Waals surface area (Å²) >= 11 is 0. The summed E-state index contributed by atoms with van der Waals surface area (Å²) in [6.07, 6.45) is 4.05. The van der Waals surface area contributed by atoms with E-state index in [-0.39, 0.29) is 23.3 Å². The van der Waals surface area contributed by atoms with Gasteiger partial charge < -0.3 is 32.9 Å². The maximum absolute atomic E-state index is 7.77. The van der Waals surface area contributed by atoms with Gasteiger partial charge in [0.2, 0.25) is 0 Å². The lowest BCUT2D eigenvalue weighted by atomic mass is 9.76. The number of nitrogens with two attached hydrogens (primary N) is 4. The molecule has 0 bridgehead atoms. The minimum absolute atomic E-state index is 0.0545. The molecule has 0 radical (unpaired) electrons. The Bertz CT molecular complexity index is 1840. The molecule has 0 saturated heterocycles. The molecule has 2 heterocycles. The van der Waals surface area contributed by atoms with Crippen molar-refractivity contribution in [3.05, 3.63) is 113 Å². The highest BCUT2D eigenvalue weighted by Crippen LogP contribution is 2.35. The van der Waals surface area contributed by atoms with E-state index in [1.54, 1.807) is 6.08 Å². The molecule has 5 aromatic rings. The van der Waals surface area contributed by atoms with E-state index >= 15 is 0 Å². The van der Waals surface area contributed by atoms with Crippen LogP contribution >= 0.6 is 0 Å². The summed E-state index contributed by atoms with van der Waals surface area (Å²) < 4.78 is 0. The zero-order valence-corrected chi connectivity index (χ0v) is 22.8. The number of nitrogen functional groups attached to an aromatic ring is 2. The van der Waals surface area contributed by atoms with Crippen molar-refractivity contribution in [2.75, 3.05) is 0 Å². The van der Waals surface area contributed by atoms with Gasteiger partial charge in [-0.15, -0.1) is 0 Å². The molecule has 3 aromatic carbocycles. The summed E-state index contributed by atoms with van der Waals surface area (Å²) in [7, 11) is 0. The summed E-state index contributed by atoms with van der Waals surface area (Å²) in [4.78, 5) is 6.68. The third-order valence-corrected chi connectivity index (χ3v) is 7.42. The van der Waals surface area contributed by atoms with Crippen LogP contribution in [-0.4, -0.2) is 33.3 Å². The van der Waals surface area contributed by atoms with Crippen LogP contribution in [0.5, 0.6) is 0 Å². The van der Waals surface area contributed by atoms with E-state index in [0.717, 1.165) is 44.7 Å². The van der Waals surface area contributed by atoms with Crippen LogP contribution in [0.3, 0.4) is 0 Å². The van der Waals surface area contributed by atoms with Gasteiger partial charge in [0.25, 0.3) is 0 Å². The molecule has 0 fully saturated rings. The van der Waals surface area contributed by atoms with Gasteiger partial charge in [-0.25, -0.2) is 0 Å². The molecule has 10 heteroatoms. The van der Waals surface area contributed by atoms with E-state index in [1.165, 1.54) is 0 Å². The molecule has 0 amide bonds. The summed E-state index contributed by atoms with van der Waals surface area (Å²) in [5.41, 5.74) is 29.7. The Balaban J connectivity index is 0.000000168. The lowest BCUT2D eigenvalue weighted by Gasteiger charge is -2.30. The molecule has 0 unspecified atom stereocenters. The first-order valence-corrected chi connectivity index (χ1v) is 13.1. The van der Waals surface area contributed by atoms with Gasteiger partial charge in [-0.2, -0.15) is 0 Å². The zero-order chi connectivity index (χ0) is 30.0. The van der Waals surface area contributed by atoms with E-state index in [9.17, 15) is 0 Å². The third-order valence-electron chi connectivity index (χ3n) is 7.42. The van der Waals surface area contributed by atoms with E-state index in [2.05, 4.69) is 16.0 Å². The maximum Gasteiger partial charge on any atom is 0.122 e. The molecule has 210 valence electrons. The van der Waals surface area contributed by atoms with Crippen molar-refractivity contribution < 1.29 is 0 Å². The van der Waals surface area contributed by atoms with E-state index in [4.69, 9.17) is 44.6 Å². The second-order valence-corrected chi connectivity index (χ2v) is 10.2. The average Bonchev–Trinajstić information content (AvgIpc) is 3.61. The zero-order valence-electron chi connectivity index (χ0n) is 22.8. The molecule has 10 nitrogen and oxygen atoms in total. The number of fused-ring (bicyclic) bond motifs is 2. The van der Waals surface area contributed by atoms with Crippen molar-refractivity contribution in [3.63, 3.8) is 0 Å². The number of benzene rings is 3. The number of hydrogen-bond acceptors (Lipinski definition) is 4. The van der Waals surface area contributed by atoms with E-state index < -0.39 is 5.41 Å². The van der Waals surface area contributed by atoms with Crippen LogP contribution in [0.1, 0.15) is 22.4 Å². The van der Waals surface area contributed by atoms with Crippen LogP contribution in [0.15, 0.2) is 91.0 Å². The van der Waals surface area contributed by atoms with Gasteiger partial charge in [-0.1, -0.05) is 78.9 Å². The molecule has 2 aromatic heterocycles. The lowest BCUT2D eigenvalue weighted by Crippen LogP contribution is -2.48. The minimum Gasteiger partial charge on any atom is -0.387 e. The van der Waals surface area contributed by atoms with Gasteiger partial charge in [-0.05, 0) is 34.9 Å². The fourth-order valence-corrected chi connectivity index (χ4v) is 4.95. The van der Waals surface area contributed by atoms with Gasteiger partial charge >= 0.3 is 0 Å². The van der Waals surface area contributed by atoms with Crippen molar-refractivity contribution in [2.24, 2.45) is 28.3 Å². The quantitative estimate of drug-likeness (QED) is 0.107. The standard InChI is InChI=1S/C16H15N5.C16H17N5/c17-15(18)10-3-1-9(2-4-10)13-7-11-5-6-12(16(19)20)8-14(11)21-13;17-14(18)16(15(19)20)7-6-11-8-12(21-13(11)9-16)10-4-2-1-3-5-10/h1-8,21H,(H3,17,18)(H3,19,20);1-8,21H,9H2,(H3,17,18)(H3,19,20). The Hall–Kier alpha value is -5.90. The Morgan fingerprint density at radius 1 is 0.643 bits per heavy atom. The molecule has 0 aliphatic heterocycles. The number of hydrogen-bond donors (Lipinski definition) is 10. The summed E-state index contributed by atoms with van der Waals surface area (Å²) in [6.45, 7) is 0. The number of nitrogens with one attached hydrogen (secondary N) is 6. The highest BCUT2D eigenvalue weighted by Gasteiger charge is 2.38. The lowest BCUT2D eigenvalue weighted by molar-refractivity contribution is 0.674. The third kappa shape index (κ3) is 5.28. The van der Waals surface area contributed by atoms with Gasteiger partial charge in [-0.3, -0.25) is 21.6 Å². The fraction of sp³-hybridized carbons (Fsp3) is 0.0625. The number of amidine groups is 4. The SMILES string of the molecule is N=C(N)C1(C(=N)N)C=Cc2cc(-c3ccccc3)[nH]c2C1.N=C(N)c1ccc(-c2cc3ccc(C(=N)N)cc3[nH]2)cc1. The number of rotatable bonds is 6. The highest BCUT2D eigenvalue weighted by molar-refractivity contribution is 6.09. The first-order chi connectivity index (χ1) is 20.1. The second kappa shape index (κ2) is 10.9. The van der Waals surface area contributed by atoms with Crippen molar-refractivity contribution in [2.45, 2.75) is 6.42 Å².